The molecule has 1 unspecified atom stereocenters. The van der Waals surface area contributed by atoms with E-state index in [1.165, 1.54) is 5.56 Å². The molecule has 0 amide bonds. The summed E-state index contributed by atoms with van der Waals surface area (Å²) in [7, 11) is 0. The number of benzene rings is 1. The van der Waals surface area contributed by atoms with Crippen molar-refractivity contribution < 1.29 is 14.3 Å². The van der Waals surface area contributed by atoms with Crippen LogP contribution in [-0.2, 0) is 20.7 Å². The lowest BCUT2D eigenvalue weighted by molar-refractivity contribution is -0.151. The van der Waals surface area contributed by atoms with Crippen LogP contribution in [0.5, 0.6) is 0 Å². The smallest absolute Gasteiger partial charge is 0.316 e. The van der Waals surface area contributed by atoms with Crippen molar-refractivity contribution in [3.05, 3.63) is 34.9 Å². The summed E-state index contributed by atoms with van der Waals surface area (Å²) < 4.78 is 4.94. The molecule has 1 aromatic rings. The monoisotopic (exact) mass is 262 g/mol. The Morgan fingerprint density at radius 3 is 2.37 bits per heavy atom. The molecule has 3 nitrogen and oxygen atoms in total. The van der Waals surface area contributed by atoms with E-state index in [0.717, 1.165) is 11.1 Å². The fraction of sp³-hybridized carbons (Fsp3) is 0.500. The summed E-state index contributed by atoms with van der Waals surface area (Å²) in [5.74, 6) is -1.11. The largest absolute Gasteiger partial charge is 0.465 e. The van der Waals surface area contributed by atoms with Crippen LogP contribution in [0.25, 0.3) is 0 Å². The predicted molar refractivity (Wildman–Crippen MR) is 75.0 cm³/mol. The van der Waals surface area contributed by atoms with E-state index >= 15 is 0 Å². The van der Waals surface area contributed by atoms with Crippen molar-refractivity contribution >= 4 is 11.8 Å². The summed E-state index contributed by atoms with van der Waals surface area (Å²) in [5, 5.41) is 0. The van der Waals surface area contributed by atoms with Gasteiger partial charge in [0, 0.05) is 6.42 Å². The number of esters is 1. The summed E-state index contributed by atoms with van der Waals surface area (Å²) in [6.45, 7) is 7.95. The molecule has 0 heterocycles. The second-order valence-corrected chi connectivity index (χ2v) is 4.77. The second-order valence-electron chi connectivity index (χ2n) is 4.77. The maximum atomic E-state index is 12.2. The van der Waals surface area contributed by atoms with E-state index in [4.69, 9.17) is 4.74 Å². The third-order valence-electron chi connectivity index (χ3n) is 3.32. The van der Waals surface area contributed by atoms with Crippen LogP contribution in [0.15, 0.2) is 18.2 Å². The topological polar surface area (TPSA) is 43.4 Å². The first-order chi connectivity index (χ1) is 8.99. The number of carbonyl (C=O) groups is 2. The molecular formula is C16H22O3. The Balaban J connectivity index is 2.76. The number of rotatable bonds is 6. The van der Waals surface area contributed by atoms with Crippen LogP contribution in [0.2, 0.25) is 0 Å². The molecule has 1 rings (SSSR count). The number of hydrogen-bond donors (Lipinski definition) is 0. The number of hydrogen-bond acceptors (Lipinski definition) is 3. The van der Waals surface area contributed by atoms with E-state index in [1.54, 1.807) is 6.92 Å². The van der Waals surface area contributed by atoms with E-state index in [1.807, 2.05) is 39.0 Å². The first kappa shape index (κ1) is 15.4. The number of ketones is 1. The minimum atomic E-state index is -0.637. The van der Waals surface area contributed by atoms with Crippen LogP contribution < -0.4 is 0 Å². The minimum absolute atomic E-state index is 0.0656. The van der Waals surface area contributed by atoms with Crippen LogP contribution in [0.3, 0.4) is 0 Å². The van der Waals surface area contributed by atoms with E-state index in [0.29, 0.717) is 19.4 Å². The van der Waals surface area contributed by atoms with Gasteiger partial charge in [0.25, 0.3) is 0 Å². The number of ether oxygens (including phenoxy) is 1. The molecule has 0 aliphatic carbocycles. The van der Waals surface area contributed by atoms with Crippen LogP contribution in [0.1, 0.15) is 37.0 Å². The highest BCUT2D eigenvalue weighted by atomic mass is 16.5. The lowest BCUT2D eigenvalue weighted by Gasteiger charge is -2.13. The molecule has 0 N–H and O–H groups in total. The van der Waals surface area contributed by atoms with E-state index in [-0.39, 0.29) is 5.78 Å². The van der Waals surface area contributed by atoms with Gasteiger partial charge in [0.05, 0.1) is 6.61 Å². The summed E-state index contributed by atoms with van der Waals surface area (Å²) in [4.78, 5) is 23.8. The number of aryl methyl sites for hydroxylation is 2. The third kappa shape index (κ3) is 4.19. The first-order valence-electron chi connectivity index (χ1n) is 6.75. The molecule has 104 valence electrons. The van der Waals surface area contributed by atoms with Crippen molar-refractivity contribution in [2.75, 3.05) is 6.61 Å². The van der Waals surface area contributed by atoms with Crippen molar-refractivity contribution in [1.82, 2.24) is 0 Å². The summed E-state index contributed by atoms with van der Waals surface area (Å²) in [6.07, 6.45) is 0.779. The van der Waals surface area contributed by atoms with E-state index in [9.17, 15) is 9.59 Å². The second kappa shape index (κ2) is 7.07. The fourth-order valence-electron chi connectivity index (χ4n) is 2.01. The lowest BCUT2D eigenvalue weighted by atomic mass is 9.94. The Morgan fingerprint density at radius 1 is 1.16 bits per heavy atom. The van der Waals surface area contributed by atoms with Crippen molar-refractivity contribution in [3.63, 3.8) is 0 Å². The molecule has 0 aliphatic rings. The molecule has 1 atom stereocenters. The van der Waals surface area contributed by atoms with Gasteiger partial charge in [0.2, 0.25) is 0 Å². The zero-order chi connectivity index (χ0) is 14.4. The highest BCUT2D eigenvalue weighted by molar-refractivity contribution is 5.99. The quantitative estimate of drug-likeness (QED) is 0.584. The molecule has 0 saturated heterocycles. The van der Waals surface area contributed by atoms with Crippen LogP contribution in [-0.4, -0.2) is 18.4 Å². The van der Waals surface area contributed by atoms with Gasteiger partial charge in [-0.1, -0.05) is 25.1 Å². The SMILES string of the molecule is CCOC(=O)C(CC)C(=O)Cc1ccc(C)c(C)c1. The lowest BCUT2D eigenvalue weighted by Crippen LogP contribution is -2.27. The van der Waals surface area contributed by atoms with Gasteiger partial charge in [0.1, 0.15) is 5.92 Å². The predicted octanol–water partition coefficient (Wildman–Crippen LogP) is 3.00. The Morgan fingerprint density at radius 2 is 1.84 bits per heavy atom. The van der Waals surface area contributed by atoms with Crippen molar-refractivity contribution in [3.8, 4) is 0 Å². The van der Waals surface area contributed by atoms with E-state index in [2.05, 4.69) is 0 Å². The maximum absolute atomic E-state index is 12.2. The zero-order valence-corrected chi connectivity index (χ0v) is 12.2. The summed E-state index contributed by atoms with van der Waals surface area (Å²) >= 11 is 0. The Labute approximate surface area is 115 Å². The molecule has 19 heavy (non-hydrogen) atoms. The van der Waals surface area contributed by atoms with Gasteiger partial charge < -0.3 is 4.74 Å². The van der Waals surface area contributed by atoms with Gasteiger partial charge in [-0.2, -0.15) is 0 Å². The average molecular weight is 262 g/mol. The van der Waals surface area contributed by atoms with E-state index < -0.39 is 11.9 Å². The normalized spacial score (nSPS) is 12.0. The Kier molecular flexibility index (Phi) is 5.74. The number of Topliss-reactive ketones (excluding diaryl/α,β-unsaturated/α-hetero) is 1. The zero-order valence-electron chi connectivity index (χ0n) is 12.2. The van der Waals surface area contributed by atoms with Crippen LogP contribution >= 0.6 is 0 Å². The highest BCUT2D eigenvalue weighted by Gasteiger charge is 2.25. The summed E-state index contributed by atoms with van der Waals surface area (Å²) in [5.41, 5.74) is 3.32. The van der Waals surface area contributed by atoms with Crippen molar-refractivity contribution in [2.24, 2.45) is 5.92 Å². The first-order valence-corrected chi connectivity index (χ1v) is 6.75. The Bertz CT molecular complexity index is 463. The fourth-order valence-corrected chi connectivity index (χ4v) is 2.01. The van der Waals surface area contributed by atoms with Gasteiger partial charge in [-0.15, -0.1) is 0 Å². The van der Waals surface area contributed by atoms with Crippen molar-refractivity contribution in [2.45, 2.75) is 40.5 Å². The third-order valence-corrected chi connectivity index (χ3v) is 3.32. The molecule has 0 aliphatic heterocycles. The van der Waals surface area contributed by atoms with Gasteiger partial charge >= 0.3 is 5.97 Å². The van der Waals surface area contributed by atoms with Gasteiger partial charge in [-0.25, -0.2) is 0 Å². The number of carbonyl (C=O) groups excluding carboxylic acids is 2. The molecule has 0 radical (unpaired) electrons. The maximum Gasteiger partial charge on any atom is 0.316 e. The molecule has 0 spiro atoms. The van der Waals surface area contributed by atoms with Crippen molar-refractivity contribution in [1.29, 1.82) is 0 Å². The molecule has 0 aromatic heterocycles. The van der Waals surface area contributed by atoms with Crippen LogP contribution in [0, 0.1) is 19.8 Å². The van der Waals surface area contributed by atoms with Gasteiger partial charge in [0.15, 0.2) is 5.78 Å². The molecule has 3 heteroatoms. The Hall–Kier alpha value is -1.64. The standard InChI is InChI=1S/C16H22O3/c1-5-14(16(18)19-6-2)15(17)10-13-8-7-11(3)12(4)9-13/h7-9,14H,5-6,10H2,1-4H3. The van der Waals surface area contributed by atoms with Gasteiger partial charge in [-0.05, 0) is 43.9 Å². The average Bonchev–Trinajstić information content (AvgIpc) is 2.35. The molecular weight excluding hydrogens is 240 g/mol. The highest BCUT2D eigenvalue weighted by Crippen LogP contribution is 2.15. The minimum Gasteiger partial charge on any atom is -0.465 e. The molecule has 0 saturated carbocycles. The molecule has 0 fully saturated rings. The van der Waals surface area contributed by atoms with Crippen LogP contribution in [0.4, 0.5) is 0 Å². The molecule has 1 aromatic carbocycles. The summed E-state index contributed by atoms with van der Waals surface area (Å²) in [6, 6.07) is 5.95. The molecule has 0 bridgehead atoms. The van der Waals surface area contributed by atoms with Gasteiger partial charge in [-0.3, -0.25) is 9.59 Å².